The Morgan fingerprint density at radius 2 is 1.90 bits per heavy atom. The number of carbonyl (C=O) groups is 1. The van der Waals surface area contributed by atoms with Crippen LogP contribution in [-0.4, -0.2) is 29.1 Å². The quantitative estimate of drug-likeness (QED) is 0.685. The first kappa shape index (κ1) is 15.2. The molecule has 1 fully saturated rings. The van der Waals surface area contributed by atoms with Gasteiger partial charge in [-0.25, -0.2) is 0 Å². The van der Waals surface area contributed by atoms with Crippen LogP contribution in [0.2, 0.25) is 0 Å². The van der Waals surface area contributed by atoms with Gasteiger partial charge in [-0.3, -0.25) is 4.79 Å². The lowest BCUT2D eigenvalue weighted by Gasteiger charge is -2.24. The van der Waals surface area contributed by atoms with Crippen molar-refractivity contribution in [1.29, 1.82) is 0 Å². The maximum Gasteiger partial charge on any atom is 0.235 e. The molecule has 0 saturated carbocycles. The minimum atomic E-state index is -0.0476. The number of benzene rings is 1. The molecule has 1 heterocycles. The number of rotatable bonds is 3. The van der Waals surface area contributed by atoms with Crippen molar-refractivity contribution in [2.45, 2.75) is 49.7 Å². The van der Waals surface area contributed by atoms with Crippen LogP contribution in [0.3, 0.4) is 0 Å². The average molecular weight is 292 g/mol. The number of thioether (sulfide) groups is 1. The summed E-state index contributed by atoms with van der Waals surface area (Å²) >= 11 is 1.62. The molecule has 3 nitrogen and oxygen atoms in total. The standard InChI is InChI=1S/C16H24N2OS/c1-12-7-8-14(17)11-15(12)20-13(2)16(19)18-9-5-3-4-6-10-18/h7-8,11,13H,3-6,9-10,17H2,1-2H3. The van der Waals surface area contributed by atoms with E-state index in [4.69, 9.17) is 5.73 Å². The normalized spacial score (nSPS) is 17.6. The number of amides is 1. The molecule has 0 aliphatic carbocycles. The highest BCUT2D eigenvalue weighted by molar-refractivity contribution is 8.00. The lowest BCUT2D eigenvalue weighted by molar-refractivity contribution is -0.130. The highest BCUT2D eigenvalue weighted by Crippen LogP contribution is 2.29. The van der Waals surface area contributed by atoms with Crippen LogP contribution in [-0.2, 0) is 4.79 Å². The molecule has 0 aromatic heterocycles. The molecule has 1 aliphatic rings. The van der Waals surface area contributed by atoms with E-state index in [1.165, 1.54) is 18.4 Å². The number of hydrogen-bond acceptors (Lipinski definition) is 3. The fraction of sp³-hybridized carbons (Fsp3) is 0.562. The van der Waals surface area contributed by atoms with Gasteiger partial charge in [0.05, 0.1) is 5.25 Å². The van der Waals surface area contributed by atoms with E-state index >= 15 is 0 Å². The Hall–Kier alpha value is -1.16. The van der Waals surface area contributed by atoms with Gasteiger partial charge in [-0.2, -0.15) is 0 Å². The van der Waals surface area contributed by atoms with Gasteiger partial charge < -0.3 is 10.6 Å². The monoisotopic (exact) mass is 292 g/mol. The van der Waals surface area contributed by atoms with E-state index in [0.717, 1.165) is 36.5 Å². The van der Waals surface area contributed by atoms with Crippen LogP contribution >= 0.6 is 11.8 Å². The van der Waals surface area contributed by atoms with Crippen molar-refractivity contribution in [3.63, 3.8) is 0 Å². The van der Waals surface area contributed by atoms with Crippen molar-refractivity contribution in [2.75, 3.05) is 18.8 Å². The molecule has 1 aromatic carbocycles. The third-order valence-corrected chi connectivity index (χ3v) is 5.03. The molecule has 4 heteroatoms. The summed E-state index contributed by atoms with van der Waals surface area (Å²) < 4.78 is 0. The lowest BCUT2D eigenvalue weighted by atomic mass is 10.2. The van der Waals surface area contributed by atoms with Crippen molar-refractivity contribution >= 4 is 23.4 Å². The van der Waals surface area contributed by atoms with Crippen LogP contribution in [0.4, 0.5) is 5.69 Å². The fourth-order valence-electron chi connectivity index (χ4n) is 2.53. The number of nitrogens with two attached hydrogens (primary N) is 1. The smallest absolute Gasteiger partial charge is 0.235 e. The second-order valence-electron chi connectivity index (χ2n) is 5.52. The zero-order valence-corrected chi connectivity index (χ0v) is 13.2. The lowest BCUT2D eigenvalue weighted by Crippen LogP contribution is -2.37. The van der Waals surface area contributed by atoms with Gasteiger partial charge in [0.25, 0.3) is 0 Å². The average Bonchev–Trinajstić information content (AvgIpc) is 2.71. The van der Waals surface area contributed by atoms with Gasteiger partial charge >= 0.3 is 0 Å². The second-order valence-corrected chi connectivity index (χ2v) is 6.91. The third-order valence-electron chi connectivity index (χ3n) is 3.78. The molecule has 1 saturated heterocycles. The molecule has 1 atom stereocenters. The largest absolute Gasteiger partial charge is 0.399 e. The Morgan fingerprint density at radius 3 is 2.55 bits per heavy atom. The molecule has 110 valence electrons. The van der Waals surface area contributed by atoms with E-state index in [1.807, 2.05) is 30.0 Å². The van der Waals surface area contributed by atoms with Crippen LogP contribution in [0.5, 0.6) is 0 Å². The van der Waals surface area contributed by atoms with Crippen LogP contribution in [0.1, 0.15) is 38.2 Å². The summed E-state index contributed by atoms with van der Waals surface area (Å²) in [5.41, 5.74) is 7.77. The Labute approximate surface area is 125 Å². The molecule has 1 aromatic rings. The first-order valence-corrected chi connectivity index (χ1v) is 8.27. The first-order valence-electron chi connectivity index (χ1n) is 7.39. The number of likely N-dealkylation sites (tertiary alicyclic amines) is 1. The Morgan fingerprint density at radius 1 is 1.25 bits per heavy atom. The highest BCUT2D eigenvalue weighted by atomic mass is 32.2. The number of hydrogen-bond donors (Lipinski definition) is 1. The molecule has 20 heavy (non-hydrogen) atoms. The molecule has 2 rings (SSSR count). The summed E-state index contributed by atoms with van der Waals surface area (Å²) in [4.78, 5) is 15.7. The fourth-order valence-corrected chi connectivity index (χ4v) is 3.62. The van der Waals surface area contributed by atoms with Gasteiger partial charge in [0.15, 0.2) is 0 Å². The summed E-state index contributed by atoms with van der Waals surface area (Å²) in [5, 5.41) is -0.0476. The van der Waals surface area contributed by atoms with Crippen LogP contribution < -0.4 is 5.73 Å². The third kappa shape index (κ3) is 3.92. The van der Waals surface area contributed by atoms with Crippen molar-refractivity contribution in [3.05, 3.63) is 23.8 Å². The molecule has 2 N–H and O–H groups in total. The van der Waals surface area contributed by atoms with Gasteiger partial charge in [0.1, 0.15) is 0 Å². The van der Waals surface area contributed by atoms with E-state index in [0.29, 0.717) is 0 Å². The number of nitrogen functional groups attached to an aromatic ring is 1. The minimum Gasteiger partial charge on any atom is -0.399 e. The van der Waals surface area contributed by atoms with E-state index < -0.39 is 0 Å². The Balaban J connectivity index is 2.01. The van der Waals surface area contributed by atoms with E-state index in [-0.39, 0.29) is 11.2 Å². The van der Waals surface area contributed by atoms with E-state index in [1.54, 1.807) is 11.8 Å². The first-order chi connectivity index (χ1) is 9.58. The Kier molecular flexibility index (Phi) is 5.35. The maximum absolute atomic E-state index is 12.5. The number of anilines is 1. The van der Waals surface area contributed by atoms with Crippen LogP contribution in [0.15, 0.2) is 23.1 Å². The van der Waals surface area contributed by atoms with Crippen molar-refractivity contribution in [3.8, 4) is 0 Å². The zero-order chi connectivity index (χ0) is 14.5. The van der Waals surface area contributed by atoms with Crippen molar-refractivity contribution in [1.82, 2.24) is 4.90 Å². The molecule has 1 unspecified atom stereocenters. The molecule has 1 aliphatic heterocycles. The van der Waals surface area contributed by atoms with Gasteiger partial charge in [-0.1, -0.05) is 18.9 Å². The zero-order valence-electron chi connectivity index (χ0n) is 12.4. The SMILES string of the molecule is Cc1ccc(N)cc1SC(C)C(=O)N1CCCCCC1. The van der Waals surface area contributed by atoms with E-state index in [2.05, 4.69) is 6.92 Å². The second kappa shape index (κ2) is 7.02. The molecule has 0 spiro atoms. The van der Waals surface area contributed by atoms with E-state index in [9.17, 15) is 4.79 Å². The number of nitrogens with zero attached hydrogens (tertiary/aromatic N) is 1. The van der Waals surface area contributed by atoms with Gasteiger partial charge in [0.2, 0.25) is 5.91 Å². The predicted octanol–water partition coefficient (Wildman–Crippen LogP) is 3.46. The van der Waals surface area contributed by atoms with Crippen molar-refractivity contribution < 1.29 is 4.79 Å². The summed E-state index contributed by atoms with van der Waals surface area (Å²) in [6.45, 7) is 5.89. The van der Waals surface area contributed by atoms with Gasteiger partial charge in [-0.05, 0) is 44.4 Å². The molecular weight excluding hydrogens is 268 g/mol. The predicted molar refractivity (Wildman–Crippen MR) is 86.0 cm³/mol. The topological polar surface area (TPSA) is 46.3 Å². The summed E-state index contributed by atoms with van der Waals surface area (Å²) in [6.07, 6.45) is 4.78. The number of aryl methyl sites for hydroxylation is 1. The van der Waals surface area contributed by atoms with Gasteiger partial charge in [-0.15, -0.1) is 11.8 Å². The Bertz CT molecular complexity index is 468. The summed E-state index contributed by atoms with van der Waals surface area (Å²) in [6, 6.07) is 5.88. The van der Waals surface area contributed by atoms with Gasteiger partial charge in [0, 0.05) is 23.7 Å². The van der Waals surface area contributed by atoms with Crippen molar-refractivity contribution in [2.24, 2.45) is 0 Å². The van der Waals surface area contributed by atoms with Crippen LogP contribution in [0.25, 0.3) is 0 Å². The van der Waals surface area contributed by atoms with Crippen LogP contribution in [0, 0.1) is 6.92 Å². The molecular formula is C16H24N2OS. The molecule has 0 bridgehead atoms. The highest BCUT2D eigenvalue weighted by Gasteiger charge is 2.22. The summed E-state index contributed by atoms with van der Waals surface area (Å²) in [7, 11) is 0. The molecule has 0 radical (unpaired) electrons. The summed E-state index contributed by atoms with van der Waals surface area (Å²) in [5.74, 6) is 0.263. The molecule has 1 amide bonds. The maximum atomic E-state index is 12.5. The minimum absolute atomic E-state index is 0.0476. The number of carbonyl (C=O) groups excluding carboxylic acids is 1.